The molecular formula is C14H16N2O5. The van der Waals surface area contributed by atoms with Gasteiger partial charge in [-0.1, -0.05) is 12.1 Å². The van der Waals surface area contributed by atoms with Crippen molar-refractivity contribution < 1.29 is 24.2 Å². The quantitative estimate of drug-likeness (QED) is 0.618. The number of carboxylic acids is 1. The van der Waals surface area contributed by atoms with Crippen LogP contribution in [0.5, 0.6) is 5.75 Å². The van der Waals surface area contributed by atoms with Crippen molar-refractivity contribution in [3.8, 4) is 5.75 Å². The number of carboxylic acid groups (broad SMARTS) is 1. The number of ether oxygens (including phenoxy) is 1. The lowest BCUT2D eigenvalue weighted by Crippen LogP contribution is -2.42. The molecule has 7 heteroatoms. The van der Waals surface area contributed by atoms with E-state index in [9.17, 15) is 14.4 Å². The number of hydrogen-bond donors (Lipinski definition) is 3. The van der Waals surface area contributed by atoms with E-state index in [0.717, 1.165) is 0 Å². The van der Waals surface area contributed by atoms with Crippen molar-refractivity contribution in [1.82, 2.24) is 5.32 Å². The number of primary amides is 1. The second kappa shape index (κ2) is 7.68. The summed E-state index contributed by atoms with van der Waals surface area (Å²) in [6.45, 7) is 0. The molecule has 0 aromatic heterocycles. The normalized spacial score (nSPS) is 11.9. The van der Waals surface area contributed by atoms with Gasteiger partial charge in [0.05, 0.1) is 13.5 Å². The van der Waals surface area contributed by atoms with E-state index in [4.69, 9.17) is 15.6 Å². The van der Waals surface area contributed by atoms with Gasteiger partial charge < -0.3 is 20.9 Å². The Bertz CT molecular complexity index is 568. The van der Waals surface area contributed by atoms with Crippen LogP contribution in [0.25, 0.3) is 6.08 Å². The highest BCUT2D eigenvalue weighted by atomic mass is 16.5. The van der Waals surface area contributed by atoms with Gasteiger partial charge in [-0.15, -0.1) is 0 Å². The highest BCUT2D eigenvalue weighted by Gasteiger charge is 2.20. The lowest BCUT2D eigenvalue weighted by atomic mass is 10.2. The van der Waals surface area contributed by atoms with Gasteiger partial charge in [0, 0.05) is 6.08 Å². The summed E-state index contributed by atoms with van der Waals surface area (Å²) in [4.78, 5) is 33.2. The number of hydrogen-bond acceptors (Lipinski definition) is 4. The van der Waals surface area contributed by atoms with E-state index in [1.807, 2.05) is 0 Å². The molecule has 0 spiro atoms. The first-order valence-electron chi connectivity index (χ1n) is 6.06. The van der Waals surface area contributed by atoms with Crippen molar-refractivity contribution in [2.24, 2.45) is 5.73 Å². The molecule has 0 heterocycles. The van der Waals surface area contributed by atoms with Crippen molar-refractivity contribution in [3.63, 3.8) is 0 Å². The van der Waals surface area contributed by atoms with Crippen molar-refractivity contribution in [2.75, 3.05) is 7.11 Å². The van der Waals surface area contributed by atoms with E-state index < -0.39 is 30.2 Å². The molecule has 0 aliphatic rings. The van der Waals surface area contributed by atoms with Crippen LogP contribution in [0.1, 0.15) is 12.0 Å². The minimum atomic E-state index is -1.34. The monoisotopic (exact) mass is 292 g/mol. The summed E-state index contributed by atoms with van der Waals surface area (Å²) < 4.78 is 5.04. The fraction of sp³-hybridized carbons (Fsp3) is 0.214. The van der Waals surface area contributed by atoms with Crippen LogP contribution >= 0.6 is 0 Å². The average molecular weight is 292 g/mol. The molecule has 0 fully saturated rings. The summed E-state index contributed by atoms with van der Waals surface area (Å²) in [5.74, 6) is -2.13. The first-order chi connectivity index (χ1) is 9.92. The first kappa shape index (κ1) is 16.2. The maximum absolute atomic E-state index is 11.6. The first-order valence-corrected chi connectivity index (χ1v) is 6.06. The fourth-order valence-electron chi connectivity index (χ4n) is 1.54. The molecule has 0 radical (unpaired) electrons. The van der Waals surface area contributed by atoms with Gasteiger partial charge in [0.1, 0.15) is 11.8 Å². The van der Waals surface area contributed by atoms with Crippen molar-refractivity contribution >= 4 is 23.9 Å². The summed E-state index contributed by atoms with van der Waals surface area (Å²) in [5.41, 5.74) is 5.63. The zero-order chi connectivity index (χ0) is 15.8. The molecule has 1 aromatic rings. The van der Waals surface area contributed by atoms with Gasteiger partial charge in [-0.05, 0) is 23.8 Å². The highest BCUT2D eigenvalue weighted by Crippen LogP contribution is 2.13. The van der Waals surface area contributed by atoms with Crippen molar-refractivity contribution in [1.29, 1.82) is 0 Å². The molecule has 0 saturated heterocycles. The predicted molar refractivity (Wildman–Crippen MR) is 75.4 cm³/mol. The molecule has 21 heavy (non-hydrogen) atoms. The Morgan fingerprint density at radius 3 is 2.71 bits per heavy atom. The lowest BCUT2D eigenvalue weighted by molar-refractivity contribution is -0.142. The molecule has 1 atom stereocenters. The maximum atomic E-state index is 11.6. The van der Waals surface area contributed by atoms with Gasteiger partial charge in [-0.3, -0.25) is 9.59 Å². The van der Waals surface area contributed by atoms with Gasteiger partial charge in [-0.25, -0.2) is 4.79 Å². The van der Waals surface area contributed by atoms with Crippen LogP contribution in [0, 0.1) is 0 Å². The number of carbonyl (C=O) groups is 3. The van der Waals surface area contributed by atoms with Gasteiger partial charge in [-0.2, -0.15) is 0 Å². The summed E-state index contributed by atoms with van der Waals surface area (Å²) in [6, 6.07) is 5.63. The lowest BCUT2D eigenvalue weighted by Gasteiger charge is -2.10. The number of nitrogens with one attached hydrogen (secondary N) is 1. The summed E-state index contributed by atoms with van der Waals surface area (Å²) in [5, 5.41) is 11.1. The standard InChI is InChI=1S/C14H16N2O5/c1-21-10-4-2-3-9(7-10)5-6-13(18)16-11(14(19)20)8-12(15)17/h2-7,11H,8H2,1H3,(H2,15,17)(H,16,18)(H,19,20)/b6-5+/t11-/m1/s1. The average Bonchev–Trinajstić information content (AvgIpc) is 2.44. The van der Waals surface area contributed by atoms with E-state index in [-0.39, 0.29) is 0 Å². The number of amides is 2. The molecule has 0 saturated carbocycles. The molecule has 2 amide bonds. The topological polar surface area (TPSA) is 119 Å². The van der Waals surface area contributed by atoms with Crippen molar-refractivity contribution in [2.45, 2.75) is 12.5 Å². The number of nitrogens with two attached hydrogens (primary N) is 1. The molecule has 1 rings (SSSR count). The van der Waals surface area contributed by atoms with E-state index in [1.165, 1.54) is 19.3 Å². The Hall–Kier alpha value is -2.83. The van der Waals surface area contributed by atoms with E-state index >= 15 is 0 Å². The molecular weight excluding hydrogens is 276 g/mol. The van der Waals surface area contributed by atoms with E-state index in [0.29, 0.717) is 11.3 Å². The summed E-state index contributed by atoms with van der Waals surface area (Å²) in [6.07, 6.45) is 2.21. The third kappa shape index (κ3) is 5.77. The van der Waals surface area contributed by atoms with Gasteiger partial charge in [0.15, 0.2) is 0 Å². The molecule has 4 N–H and O–H groups in total. The Labute approximate surface area is 121 Å². The molecule has 1 aromatic carbocycles. The molecule has 112 valence electrons. The van der Waals surface area contributed by atoms with Crippen LogP contribution in [-0.4, -0.2) is 36.0 Å². The molecule has 0 aliphatic carbocycles. The third-order valence-electron chi connectivity index (χ3n) is 2.54. The fourth-order valence-corrected chi connectivity index (χ4v) is 1.54. The second-order valence-electron chi connectivity index (χ2n) is 4.18. The number of benzene rings is 1. The van der Waals surface area contributed by atoms with E-state index in [2.05, 4.69) is 5.32 Å². The number of methoxy groups -OCH3 is 1. The number of carbonyl (C=O) groups excluding carboxylic acids is 2. The minimum Gasteiger partial charge on any atom is -0.497 e. The van der Waals surface area contributed by atoms with Crippen LogP contribution in [-0.2, 0) is 14.4 Å². The Kier molecular flexibility index (Phi) is 5.94. The molecule has 0 bridgehead atoms. The van der Waals surface area contributed by atoms with Crippen LogP contribution in [0.2, 0.25) is 0 Å². The molecule has 7 nitrogen and oxygen atoms in total. The number of rotatable bonds is 7. The minimum absolute atomic E-state index is 0.464. The highest BCUT2D eigenvalue weighted by molar-refractivity contribution is 5.95. The Morgan fingerprint density at radius 1 is 1.43 bits per heavy atom. The maximum Gasteiger partial charge on any atom is 0.326 e. The SMILES string of the molecule is COc1cccc(/C=C/C(=O)N[C@H](CC(N)=O)C(=O)O)c1. The molecule has 0 unspecified atom stereocenters. The summed E-state index contributed by atoms with van der Waals surface area (Å²) in [7, 11) is 1.52. The third-order valence-corrected chi connectivity index (χ3v) is 2.54. The second-order valence-corrected chi connectivity index (χ2v) is 4.18. The van der Waals surface area contributed by atoms with Crippen LogP contribution < -0.4 is 15.8 Å². The predicted octanol–water partition coefficient (Wildman–Crippen LogP) is 0.153. The zero-order valence-corrected chi connectivity index (χ0v) is 11.4. The van der Waals surface area contributed by atoms with Gasteiger partial charge >= 0.3 is 5.97 Å². The largest absolute Gasteiger partial charge is 0.497 e. The summed E-state index contributed by atoms with van der Waals surface area (Å²) >= 11 is 0. The van der Waals surface area contributed by atoms with Crippen molar-refractivity contribution in [3.05, 3.63) is 35.9 Å². The van der Waals surface area contributed by atoms with Gasteiger partial charge in [0.2, 0.25) is 11.8 Å². The Morgan fingerprint density at radius 2 is 2.14 bits per heavy atom. The zero-order valence-electron chi connectivity index (χ0n) is 11.4. The Balaban J connectivity index is 2.68. The van der Waals surface area contributed by atoms with Crippen LogP contribution in [0.15, 0.2) is 30.3 Å². The van der Waals surface area contributed by atoms with Crippen LogP contribution in [0.4, 0.5) is 0 Å². The van der Waals surface area contributed by atoms with E-state index in [1.54, 1.807) is 24.3 Å². The van der Waals surface area contributed by atoms with Crippen LogP contribution in [0.3, 0.4) is 0 Å². The molecule has 0 aliphatic heterocycles. The smallest absolute Gasteiger partial charge is 0.326 e. The van der Waals surface area contributed by atoms with Gasteiger partial charge in [0.25, 0.3) is 0 Å². The number of aliphatic carboxylic acids is 1.